The van der Waals surface area contributed by atoms with Gasteiger partial charge < -0.3 is 16.0 Å². The van der Waals surface area contributed by atoms with E-state index in [-0.39, 0.29) is 0 Å². The van der Waals surface area contributed by atoms with Gasteiger partial charge in [-0.25, -0.2) is 19.9 Å². The van der Waals surface area contributed by atoms with Gasteiger partial charge in [-0.3, -0.25) is 9.88 Å². The number of hydrogen-bond donors (Lipinski definition) is 3. The van der Waals surface area contributed by atoms with E-state index in [0.717, 1.165) is 59.8 Å². The quantitative estimate of drug-likeness (QED) is 0.483. The van der Waals surface area contributed by atoms with E-state index in [1.807, 2.05) is 25.4 Å². The lowest BCUT2D eigenvalue weighted by Gasteiger charge is -2.26. The molecule has 0 bridgehead atoms. The van der Waals surface area contributed by atoms with Crippen molar-refractivity contribution in [1.29, 1.82) is 0 Å². The molecule has 4 heterocycles. The molecule has 33 heavy (non-hydrogen) atoms. The monoisotopic (exact) mass is 465 g/mol. The molecule has 0 atom stereocenters. The topological polar surface area (TPSA) is 104 Å². The van der Waals surface area contributed by atoms with E-state index in [4.69, 9.17) is 4.98 Å². The summed E-state index contributed by atoms with van der Waals surface area (Å²) in [6.45, 7) is 7.00. The van der Waals surface area contributed by atoms with E-state index in [2.05, 4.69) is 40.8 Å². The van der Waals surface area contributed by atoms with E-state index in [0.29, 0.717) is 17.8 Å². The zero-order chi connectivity index (χ0) is 22.5. The van der Waals surface area contributed by atoms with Crippen LogP contribution in [0.3, 0.4) is 0 Å². The van der Waals surface area contributed by atoms with Crippen LogP contribution in [-0.4, -0.2) is 62.0 Å². The predicted molar refractivity (Wildman–Crippen MR) is 132 cm³/mol. The number of anilines is 3. The molecule has 5 rings (SSSR count). The Morgan fingerprint density at radius 3 is 2.67 bits per heavy atom. The summed E-state index contributed by atoms with van der Waals surface area (Å²) in [5, 5.41) is 10.9. The Labute approximate surface area is 198 Å². The van der Waals surface area contributed by atoms with Crippen molar-refractivity contribution in [3.05, 3.63) is 36.0 Å². The molecule has 0 aromatic carbocycles. The first-order valence-corrected chi connectivity index (χ1v) is 12.6. The fraction of sp³-hybridized carbons (Fsp3) is 0.522. The van der Waals surface area contributed by atoms with Gasteiger partial charge in [-0.1, -0.05) is 30.6 Å². The van der Waals surface area contributed by atoms with Gasteiger partial charge in [0.2, 0.25) is 5.95 Å². The minimum Gasteiger partial charge on any atom is -0.351 e. The van der Waals surface area contributed by atoms with E-state index < -0.39 is 0 Å². The van der Waals surface area contributed by atoms with Gasteiger partial charge in [-0.15, -0.1) is 0 Å². The standard InChI is InChI=1S/C23H31N9S/c1-16-11-19(30-22(28-16)29-17-5-3-2-4-6-17)20-13-27-23(33-20)31-21-14-25-18(12-26-21)15-32-9-7-24-8-10-32/h11-14,17,24H,2-10,15H2,1H3,(H,26,27,31)(H,28,29,30). The first-order chi connectivity index (χ1) is 16.2. The highest BCUT2D eigenvalue weighted by molar-refractivity contribution is 7.18. The number of piperazine rings is 1. The molecule has 3 N–H and O–H groups in total. The summed E-state index contributed by atoms with van der Waals surface area (Å²) in [5.41, 5.74) is 2.83. The van der Waals surface area contributed by atoms with Crippen molar-refractivity contribution < 1.29 is 0 Å². The van der Waals surface area contributed by atoms with Gasteiger partial charge in [-0.05, 0) is 25.8 Å². The predicted octanol–water partition coefficient (Wildman–Crippen LogP) is 3.59. The van der Waals surface area contributed by atoms with Crippen molar-refractivity contribution in [3.8, 4) is 10.6 Å². The number of nitrogens with one attached hydrogen (secondary N) is 3. The number of rotatable bonds is 7. The van der Waals surface area contributed by atoms with E-state index >= 15 is 0 Å². The first-order valence-electron chi connectivity index (χ1n) is 11.8. The van der Waals surface area contributed by atoms with Gasteiger partial charge in [0.05, 0.1) is 28.7 Å². The normalized spacial score (nSPS) is 17.7. The number of aromatic nitrogens is 5. The van der Waals surface area contributed by atoms with Crippen molar-refractivity contribution in [2.75, 3.05) is 36.8 Å². The molecule has 1 aliphatic carbocycles. The average molecular weight is 466 g/mol. The molecule has 0 unspecified atom stereocenters. The minimum atomic E-state index is 0.472. The number of nitrogens with zero attached hydrogens (tertiary/aromatic N) is 6. The van der Waals surface area contributed by atoms with Crippen LogP contribution in [0.5, 0.6) is 0 Å². The van der Waals surface area contributed by atoms with Crippen LogP contribution >= 0.6 is 11.3 Å². The summed E-state index contributed by atoms with van der Waals surface area (Å²) in [4.78, 5) is 26.4. The Morgan fingerprint density at radius 2 is 1.88 bits per heavy atom. The lowest BCUT2D eigenvalue weighted by Crippen LogP contribution is -2.43. The third-order valence-corrected chi connectivity index (χ3v) is 7.02. The minimum absolute atomic E-state index is 0.472. The summed E-state index contributed by atoms with van der Waals surface area (Å²) >= 11 is 1.55. The second-order valence-corrected chi connectivity index (χ2v) is 9.80. The van der Waals surface area contributed by atoms with Gasteiger partial charge in [0.15, 0.2) is 10.9 Å². The molecule has 10 heteroatoms. The Balaban J connectivity index is 1.22. The lowest BCUT2D eigenvalue weighted by molar-refractivity contribution is 0.230. The summed E-state index contributed by atoms with van der Waals surface area (Å²) < 4.78 is 0. The van der Waals surface area contributed by atoms with Gasteiger partial charge in [0.25, 0.3) is 0 Å². The maximum Gasteiger partial charge on any atom is 0.223 e. The zero-order valence-electron chi connectivity index (χ0n) is 19.0. The smallest absolute Gasteiger partial charge is 0.223 e. The summed E-state index contributed by atoms with van der Waals surface area (Å²) in [6, 6.07) is 2.48. The number of aryl methyl sites for hydroxylation is 1. The van der Waals surface area contributed by atoms with Crippen LogP contribution in [0, 0.1) is 6.92 Å². The molecule has 0 amide bonds. The van der Waals surface area contributed by atoms with Crippen LogP contribution in [0.1, 0.15) is 43.5 Å². The number of hydrogen-bond acceptors (Lipinski definition) is 10. The lowest BCUT2D eigenvalue weighted by atomic mass is 9.96. The van der Waals surface area contributed by atoms with Gasteiger partial charge in [-0.2, -0.15) is 0 Å². The van der Waals surface area contributed by atoms with Crippen LogP contribution in [0.2, 0.25) is 0 Å². The van der Waals surface area contributed by atoms with E-state index in [1.165, 1.54) is 32.1 Å². The highest BCUT2D eigenvalue weighted by Crippen LogP contribution is 2.30. The fourth-order valence-electron chi connectivity index (χ4n) is 4.35. The Hall–Kier alpha value is -2.69. The summed E-state index contributed by atoms with van der Waals surface area (Å²) in [7, 11) is 0. The molecule has 3 aromatic rings. The third-order valence-electron chi connectivity index (χ3n) is 6.09. The Kier molecular flexibility index (Phi) is 7.03. The van der Waals surface area contributed by atoms with Gasteiger partial charge in [0, 0.05) is 50.7 Å². The molecule has 1 saturated carbocycles. The molecule has 2 fully saturated rings. The van der Waals surface area contributed by atoms with Crippen molar-refractivity contribution in [2.45, 2.75) is 51.6 Å². The van der Waals surface area contributed by atoms with Crippen LogP contribution in [0.4, 0.5) is 16.9 Å². The van der Waals surface area contributed by atoms with Crippen molar-refractivity contribution in [3.63, 3.8) is 0 Å². The van der Waals surface area contributed by atoms with Gasteiger partial charge >= 0.3 is 0 Å². The fourth-order valence-corrected chi connectivity index (χ4v) is 5.13. The summed E-state index contributed by atoms with van der Waals surface area (Å²) in [6.07, 6.45) is 11.7. The van der Waals surface area contributed by atoms with Crippen molar-refractivity contribution >= 4 is 28.2 Å². The molecule has 1 saturated heterocycles. The molecule has 9 nitrogen and oxygen atoms in total. The third kappa shape index (κ3) is 6.01. The van der Waals surface area contributed by atoms with Crippen LogP contribution in [0.25, 0.3) is 10.6 Å². The molecule has 0 radical (unpaired) electrons. The number of thiazole rings is 1. The second-order valence-electron chi connectivity index (χ2n) is 8.77. The van der Waals surface area contributed by atoms with E-state index in [9.17, 15) is 0 Å². The first kappa shape index (κ1) is 22.1. The molecule has 3 aromatic heterocycles. The molecule has 174 valence electrons. The highest BCUT2D eigenvalue weighted by Gasteiger charge is 2.16. The van der Waals surface area contributed by atoms with Crippen molar-refractivity contribution in [2.24, 2.45) is 0 Å². The zero-order valence-corrected chi connectivity index (χ0v) is 19.9. The largest absolute Gasteiger partial charge is 0.351 e. The van der Waals surface area contributed by atoms with Crippen LogP contribution < -0.4 is 16.0 Å². The summed E-state index contributed by atoms with van der Waals surface area (Å²) in [5.74, 6) is 1.41. The highest BCUT2D eigenvalue weighted by atomic mass is 32.1. The SMILES string of the molecule is Cc1cc(-c2cnc(Nc3cnc(CN4CCNCC4)cn3)s2)nc(NC2CCCCC2)n1. The Morgan fingerprint density at radius 1 is 1.03 bits per heavy atom. The van der Waals surface area contributed by atoms with Crippen LogP contribution in [0.15, 0.2) is 24.7 Å². The molecular formula is C23H31N9S. The van der Waals surface area contributed by atoms with Crippen LogP contribution in [-0.2, 0) is 6.54 Å². The molecule has 2 aliphatic rings. The average Bonchev–Trinajstić information content (AvgIpc) is 3.30. The molecular weight excluding hydrogens is 434 g/mol. The van der Waals surface area contributed by atoms with E-state index in [1.54, 1.807) is 17.5 Å². The molecule has 0 spiro atoms. The maximum atomic E-state index is 4.77. The van der Waals surface area contributed by atoms with Gasteiger partial charge in [0.1, 0.15) is 0 Å². The van der Waals surface area contributed by atoms with Crippen molar-refractivity contribution in [1.82, 2.24) is 35.1 Å². The maximum absolute atomic E-state index is 4.77. The second kappa shape index (κ2) is 10.5. The Bertz CT molecular complexity index is 1040. The molecule has 1 aliphatic heterocycles.